The number of ether oxygens (including phenoxy) is 2. The molecule has 5 heteroatoms. The van der Waals surface area contributed by atoms with E-state index in [1.54, 1.807) is 0 Å². The second-order valence-corrected chi connectivity index (χ2v) is 9.04. The number of piperidine rings is 1. The van der Waals surface area contributed by atoms with Crippen molar-refractivity contribution >= 4 is 0 Å². The first-order valence-electron chi connectivity index (χ1n) is 11.6. The third-order valence-corrected chi connectivity index (χ3v) is 6.84. The topological polar surface area (TPSA) is 73.4 Å². The summed E-state index contributed by atoms with van der Waals surface area (Å²) in [6, 6.07) is 26.5. The van der Waals surface area contributed by atoms with Crippen molar-refractivity contribution in [2.75, 3.05) is 26.4 Å². The Morgan fingerprint density at radius 3 is 2.24 bits per heavy atom. The van der Waals surface area contributed by atoms with Crippen molar-refractivity contribution in [1.82, 2.24) is 4.90 Å². The minimum absolute atomic E-state index is 0. The first-order chi connectivity index (χ1) is 15.7. The van der Waals surface area contributed by atoms with Crippen LogP contribution in [-0.4, -0.2) is 41.9 Å². The second-order valence-electron chi connectivity index (χ2n) is 9.04. The predicted octanol–water partition coefficient (Wildman–Crippen LogP) is 4.17. The largest absolute Gasteiger partial charge is 0.454 e. The molecule has 3 N–H and O–H groups in total. The summed E-state index contributed by atoms with van der Waals surface area (Å²) in [5.74, 6) is 2.15. The smallest absolute Gasteiger partial charge is 0.231 e. The number of benzene rings is 3. The first kappa shape index (κ1) is 23.3. The second kappa shape index (κ2) is 10.4. The summed E-state index contributed by atoms with van der Waals surface area (Å²) >= 11 is 0. The van der Waals surface area contributed by atoms with Crippen LogP contribution >= 0.6 is 0 Å². The Hall–Kier alpha value is -2.86. The van der Waals surface area contributed by atoms with Gasteiger partial charge in [0, 0.05) is 13.1 Å². The molecule has 1 fully saturated rings. The van der Waals surface area contributed by atoms with Gasteiger partial charge in [-0.15, -0.1) is 0 Å². The molecule has 0 aromatic heterocycles. The van der Waals surface area contributed by atoms with Gasteiger partial charge >= 0.3 is 0 Å². The molecule has 5 rings (SSSR count). The van der Waals surface area contributed by atoms with Crippen molar-refractivity contribution in [3.63, 3.8) is 0 Å². The van der Waals surface area contributed by atoms with Gasteiger partial charge in [-0.3, -0.25) is 0 Å². The third-order valence-electron chi connectivity index (χ3n) is 6.84. The van der Waals surface area contributed by atoms with Crippen LogP contribution in [0.15, 0.2) is 78.9 Å². The maximum absolute atomic E-state index is 11.9. The van der Waals surface area contributed by atoms with E-state index in [2.05, 4.69) is 17.0 Å². The quantitative estimate of drug-likeness (QED) is 0.590. The molecule has 1 unspecified atom stereocenters. The molecule has 0 radical (unpaired) electrons. The molecule has 0 amide bonds. The summed E-state index contributed by atoms with van der Waals surface area (Å²) in [6.07, 6.45) is 4.06. The Morgan fingerprint density at radius 2 is 1.55 bits per heavy atom. The molecule has 174 valence electrons. The molecule has 1 saturated heterocycles. The van der Waals surface area contributed by atoms with Crippen molar-refractivity contribution in [2.45, 2.75) is 31.3 Å². The van der Waals surface area contributed by atoms with E-state index in [0.29, 0.717) is 12.7 Å². The third kappa shape index (κ3) is 5.22. The molecule has 3 aromatic carbocycles. The van der Waals surface area contributed by atoms with E-state index in [9.17, 15) is 5.11 Å². The van der Waals surface area contributed by atoms with Crippen LogP contribution < -0.4 is 9.47 Å². The molecule has 2 heterocycles. The molecular formula is C28H33NO4. The van der Waals surface area contributed by atoms with Gasteiger partial charge in [-0.05, 0) is 67.0 Å². The highest BCUT2D eigenvalue weighted by Gasteiger charge is 2.35. The lowest BCUT2D eigenvalue weighted by Gasteiger charge is -2.38. The van der Waals surface area contributed by atoms with Gasteiger partial charge < -0.3 is 25.0 Å². The van der Waals surface area contributed by atoms with Crippen molar-refractivity contribution in [3.8, 4) is 11.5 Å². The van der Waals surface area contributed by atoms with Crippen LogP contribution in [0.4, 0.5) is 0 Å². The van der Waals surface area contributed by atoms with Gasteiger partial charge in [0.2, 0.25) is 6.79 Å². The molecule has 1 atom stereocenters. The number of rotatable bonds is 7. The van der Waals surface area contributed by atoms with Crippen molar-refractivity contribution in [2.24, 2.45) is 5.92 Å². The summed E-state index contributed by atoms with van der Waals surface area (Å²) in [5, 5.41) is 11.9. The lowest BCUT2D eigenvalue weighted by molar-refractivity contribution is 0.0335. The van der Waals surface area contributed by atoms with E-state index >= 15 is 0 Å². The summed E-state index contributed by atoms with van der Waals surface area (Å²) in [6.45, 7) is 3.48. The Morgan fingerprint density at radius 1 is 0.879 bits per heavy atom. The zero-order chi connectivity index (χ0) is 21.8. The maximum Gasteiger partial charge on any atom is 0.231 e. The number of aliphatic hydroxyl groups is 1. The van der Waals surface area contributed by atoms with Crippen molar-refractivity contribution < 1.29 is 20.1 Å². The molecule has 5 nitrogen and oxygen atoms in total. The number of likely N-dealkylation sites (tertiary alicyclic amines) is 1. The van der Waals surface area contributed by atoms with Gasteiger partial charge in [0.05, 0.1) is 0 Å². The average Bonchev–Trinajstić information content (AvgIpc) is 3.32. The lowest BCUT2D eigenvalue weighted by Crippen LogP contribution is -2.40. The highest BCUT2D eigenvalue weighted by Crippen LogP contribution is 2.38. The number of hydrogen-bond donors (Lipinski definition) is 1. The Balaban J connectivity index is 0.00000259. The van der Waals surface area contributed by atoms with Crippen LogP contribution in [0.2, 0.25) is 0 Å². The zero-order valence-electron chi connectivity index (χ0n) is 19.0. The fourth-order valence-corrected chi connectivity index (χ4v) is 5.15. The molecule has 0 saturated carbocycles. The van der Waals surface area contributed by atoms with Crippen LogP contribution in [0.5, 0.6) is 11.5 Å². The molecule has 3 aromatic rings. The SMILES string of the molecule is O.OC(CC1CCCN(CCc2ccc3c(c2)OCO3)C1)(c1ccccc1)c1ccccc1. The number of fused-ring (bicyclic) bond motifs is 1. The highest BCUT2D eigenvalue weighted by atomic mass is 16.7. The fraction of sp³-hybridized carbons (Fsp3) is 0.357. The van der Waals surface area contributed by atoms with Gasteiger partial charge in [-0.25, -0.2) is 0 Å². The van der Waals surface area contributed by atoms with Crippen LogP contribution in [0, 0.1) is 5.92 Å². The van der Waals surface area contributed by atoms with Gasteiger partial charge in [0.15, 0.2) is 11.5 Å². The molecule has 2 aliphatic heterocycles. The molecular weight excluding hydrogens is 414 g/mol. The molecule has 0 aliphatic carbocycles. The van der Waals surface area contributed by atoms with E-state index in [1.807, 2.05) is 66.7 Å². The minimum Gasteiger partial charge on any atom is -0.454 e. The number of nitrogens with zero attached hydrogens (tertiary/aromatic N) is 1. The Kier molecular flexibility index (Phi) is 7.33. The van der Waals surface area contributed by atoms with Crippen LogP contribution in [0.25, 0.3) is 0 Å². The summed E-state index contributed by atoms with van der Waals surface area (Å²) in [7, 11) is 0. The van der Waals surface area contributed by atoms with E-state index in [4.69, 9.17) is 9.47 Å². The molecule has 2 aliphatic rings. The first-order valence-corrected chi connectivity index (χ1v) is 11.6. The molecule has 0 bridgehead atoms. The standard InChI is InChI=1S/C28H31NO3.H2O/c30-28(24-9-3-1-4-10-24,25-11-5-2-6-12-25)19-23-8-7-16-29(20-23)17-15-22-13-14-26-27(18-22)32-21-31-26;/h1-6,9-14,18,23,30H,7-8,15-17,19-21H2;1H2. The highest BCUT2D eigenvalue weighted by molar-refractivity contribution is 5.44. The molecule has 0 spiro atoms. The van der Waals surface area contributed by atoms with E-state index in [0.717, 1.165) is 61.5 Å². The van der Waals surface area contributed by atoms with Crippen molar-refractivity contribution in [3.05, 3.63) is 95.6 Å². The maximum atomic E-state index is 11.9. The van der Waals surface area contributed by atoms with E-state index < -0.39 is 5.60 Å². The minimum atomic E-state index is -0.965. The zero-order valence-corrected chi connectivity index (χ0v) is 19.0. The normalized spacial score (nSPS) is 18.0. The van der Waals surface area contributed by atoms with Gasteiger partial charge in [-0.2, -0.15) is 0 Å². The Bertz CT molecular complexity index is 985. The predicted molar refractivity (Wildman–Crippen MR) is 130 cm³/mol. The van der Waals surface area contributed by atoms with Gasteiger partial charge in [-0.1, -0.05) is 66.7 Å². The van der Waals surface area contributed by atoms with E-state index in [-0.39, 0.29) is 5.48 Å². The van der Waals surface area contributed by atoms with Gasteiger partial charge in [0.25, 0.3) is 0 Å². The van der Waals surface area contributed by atoms with Crippen LogP contribution in [-0.2, 0) is 12.0 Å². The summed E-state index contributed by atoms with van der Waals surface area (Å²) < 4.78 is 10.9. The Labute approximate surface area is 195 Å². The fourth-order valence-electron chi connectivity index (χ4n) is 5.15. The summed E-state index contributed by atoms with van der Waals surface area (Å²) in [5.41, 5.74) is 2.27. The van der Waals surface area contributed by atoms with Crippen LogP contribution in [0.1, 0.15) is 36.0 Å². The molecule has 33 heavy (non-hydrogen) atoms. The number of hydrogen-bond acceptors (Lipinski definition) is 4. The summed E-state index contributed by atoms with van der Waals surface area (Å²) in [4.78, 5) is 2.55. The monoisotopic (exact) mass is 447 g/mol. The average molecular weight is 448 g/mol. The van der Waals surface area contributed by atoms with Crippen molar-refractivity contribution in [1.29, 1.82) is 0 Å². The lowest BCUT2D eigenvalue weighted by atomic mass is 9.77. The van der Waals surface area contributed by atoms with Crippen LogP contribution in [0.3, 0.4) is 0 Å². The van der Waals surface area contributed by atoms with Gasteiger partial charge in [0.1, 0.15) is 5.60 Å². The van der Waals surface area contributed by atoms with E-state index in [1.165, 1.54) is 12.0 Å².